The molecule has 0 atom stereocenters. The van der Waals surface area contributed by atoms with Crippen LogP contribution in [0.1, 0.15) is 32.8 Å². The van der Waals surface area contributed by atoms with E-state index in [1.807, 2.05) is 0 Å². The number of nitrogens with one attached hydrogen (secondary N) is 1. The molecule has 9 nitrogen and oxygen atoms in total. The van der Waals surface area contributed by atoms with Gasteiger partial charge >= 0.3 is 11.9 Å². The maximum Gasteiger partial charge on any atom is 0.343 e. The number of amides is 1. The SMILES string of the molecule is CCOC(=O)C(CCc1ccc([N+](=O)[O-])cc1)(NC(C)=O)C(=O)OCC. The van der Waals surface area contributed by atoms with Crippen molar-refractivity contribution in [1.29, 1.82) is 0 Å². The normalized spacial score (nSPS) is 10.7. The average Bonchev–Trinajstić information content (AvgIpc) is 2.59. The number of aryl methyl sites for hydroxylation is 1. The molecule has 0 saturated carbocycles. The minimum absolute atomic E-state index is 0.0249. The number of carbonyl (C=O) groups is 3. The van der Waals surface area contributed by atoms with Gasteiger partial charge in [-0.15, -0.1) is 0 Å². The van der Waals surface area contributed by atoms with Crippen LogP contribution in [0.4, 0.5) is 5.69 Å². The summed E-state index contributed by atoms with van der Waals surface area (Å²) in [7, 11) is 0. The lowest BCUT2D eigenvalue weighted by atomic mass is 9.90. The lowest BCUT2D eigenvalue weighted by Gasteiger charge is -2.29. The Morgan fingerprint density at radius 2 is 1.58 bits per heavy atom. The second-order valence-electron chi connectivity index (χ2n) is 5.45. The number of nitrogens with zero attached hydrogens (tertiary/aromatic N) is 1. The highest BCUT2D eigenvalue weighted by molar-refractivity contribution is 6.07. The zero-order valence-electron chi connectivity index (χ0n) is 14.9. The topological polar surface area (TPSA) is 125 Å². The van der Waals surface area contributed by atoms with E-state index in [9.17, 15) is 24.5 Å². The number of benzene rings is 1. The van der Waals surface area contributed by atoms with Crippen LogP contribution in [-0.4, -0.2) is 41.5 Å². The first-order chi connectivity index (χ1) is 12.3. The van der Waals surface area contributed by atoms with Crippen molar-refractivity contribution < 1.29 is 28.8 Å². The summed E-state index contributed by atoms with van der Waals surface area (Å²) in [5.74, 6) is -2.40. The van der Waals surface area contributed by atoms with E-state index in [0.717, 1.165) is 0 Å². The van der Waals surface area contributed by atoms with Crippen LogP contribution in [-0.2, 0) is 30.3 Å². The number of hydrogen-bond acceptors (Lipinski definition) is 7. The number of nitro benzene ring substituents is 1. The van der Waals surface area contributed by atoms with Gasteiger partial charge in [0.15, 0.2) is 0 Å². The molecule has 0 bridgehead atoms. The van der Waals surface area contributed by atoms with Crippen LogP contribution >= 0.6 is 0 Å². The van der Waals surface area contributed by atoms with E-state index in [1.165, 1.54) is 31.2 Å². The molecule has 0 aliphatic rings. The molecule has 1 amide bonds. The lowest BCUT2D eigenvalue weighted by Crippen LogP contribution is -2.61. The maximum absolute atomic E-state index is 12.5. The van der Waals surface area contributed by atoms with Crippen LogP contribution in [0, 0.1) is 10.1 Å². The molecule has 9 heteroatoms. The predicted octanol–water partition coefficient (Wildman–Crippen LogP) is 1.53. The summed E-state index contributed by atoms with van der Waals surface area (Å²) in [6.07, 6.45) is 0.0813. The Hall–Kier alpha value is -2.97. The Morgan fingerprint density at radius 1 is 1.08 bits per heavy atom. The molecule has 1 N–H and O–H groups in total. The Kier molecular flexibility index (Phi) is 7.70. The van der Waals surface area contributed by atoms with E-state index >= 15 is 0 Å². The minimum Gasteiger partial charge on any atom is -0.464 e. The van der Waals surface area contributed by atoms with Gasteiger partial charge in [0.05, 0.1) is 18.1 Å². The highest BCUT2D eigenvalue weighted by Gasteiger charge is 2.49. The number of ether oxygens (including phenoxy) is 2. The molecular weight excluding hydrogens is 344 g/mol. The standard InChI is InChI=1S/C17H22N2O7/c1-4-25-15(21)17(18-12(3)20,16(22)26-5-2)11-10-13-6-8-14(9-7-13)19(23)24/h6-9H,4-5,10-11H2,1-3H3,(H,18,20). The van der Waals surface area contributed by atoms with Crippen LogP contribution in [0.25, 0.3) is 0 Å². The molecule has 0 saturated heterocycles. The predicted molar refractivity (Wildman–Crippen MR) is 91.2 cm³/mol. The number of non-ortho nitro benzene ring substituents is 1. The monoisotopic (exact) mass is 366 g/mol. The molecule has 0 aromatic heterocycles. The maximum atomic E-state index is 12.5. The summed E-state index contributed by atoms with van der Waals surface area (Å²) in [4.78, 5) is 46.7. The zero-order chi connectivity index (χ0) is 19.7. The molecule has 1 aromatic carbocycles. The quantitative estimate of drug-likeness (QED) is 0.304. The van der Waals surface area contributed by atoms with Crippen LogP contribution in [0.2, 0.25) is 0 Å². The fourth-order valence-electron chi connectivity index (χ4n) is 2.38. The third-order valence-electron chi connectivity index (χ3n) is 3.57. The minimum atomic E-state index is -1.97. The first-order valence-electron chi connectivity index (χ1n) is 8.13. The van der Waals surface area contributed by atoms with Crippen molar-refractivity contribution in [3.63, 3.8) is 0 Å². The van der Waals surface area contributed by atoms with Gasteiger partial charge in [0.2, 0.25) is 11.4 Å². The fraction of sp³-hybridized carbons (Fsp3) is 0.471. The second-order valence-corrected chi connectivity index (χ2v) is 5.45. The van der Waals surface area contributed by atoms with E-state index < -0.39 is 28.3 Å². The molecule has 0 aliphatic heterocycles. The molecule has 0 radical (unpaired) electrons. The smallest absolute Gasteiger partial charge is 0.343 e. The third kappa shape index (κ3) is 5.27. The summed E-state index contributed by atoms with van der Waals surface area (Å²) in [5, 5.41) is 13.1. The number of rotatable bonds is 9. The summed E-state index contributed by atoms with van der Waals surface area (Å²) in [6.45, 7) is 4.39. The van der Waals surface area contributed by atoms with Gasteiger partial charge in [-0.1, -0.05) is 12.1 Å². The van der Waals surface area contributed by atoms with Crippen molar-refractivity contribution in [2.45, 2.75) is 39.2 Å². The van der Waals surface area contributed by atoms with Crippen molar-refractivity contribution in [2.75, 3.05) is 13.2 Å². The zero-order valence-corrected chi connectivity index (χ0v) is 14.9. The third-order valence-corrected chi connectivity index (χ3v) is 3.57. The molecule has 1 rings (SSSR count). The first kappa shape index (κ1) is 21.1. The fourth-order valence-corrected chi connectivity index (χ4v) is 2.38. The van der Waals surface area contributed by atoms with E-state index in [4.69, 9.17) is 9.47 Å². The summed E-state index contributed by atoms with van der Waals surface area (Å²) >= 11 is 0. The Morgan fingerprint density at radius 3 is 1.96 bits per heavy atom. The molecule has 0 unspecified atom stereocenters. The molecule has 0 aliphatic carbocycles. The van der Waals surface area contributed by atoms with Gasteiger partial charge in [-0.2, -0.15) is 0 Å². The molecular formula is C17H22N2O7. The molecule has 26 heavy (non-hydrogen) atoms. The number of esters is 2. The molecule has 0 fully saturated rings. The van der Waals surface area contributed by atoms with Gasteiger partial charge in [0.1, 0.15) is 0 Å². The largest absolute Gasteiger partial charge is 0.464 e. The van der Waals surface area contributed by atoms with Crippen molar-refractivity contribution >= 4 is 23.5 Å². The Bertz CT molecular complexity index is 652. The molecule has 1 aromatic rings. The van der Waals surface area contributed by atoms with Gasteiger partial charge < -0.3 is 14.8 Å². The number of hydrogen-bond donors (Lipinski definition) is 1. The Labute approximate surface area is 150 Å². The number of carbonyl (C=O) groups excluding carboxylic acids is 3. The van der Waals surface area contributed by atoms with Gasteiger partial charge in [-0.3, -0.25) is 14.9 Å². The molecule has 0 heterocycles. The van der Waals surface area contributed by atoms with Crippen LogP contribution in [0.3, 0.4) is 0 Å². The van der Waals surface area contributed by atoms with Gasteiger partial charge in [0.25, 0.3) is 5.69 Å². The number of nitro groups is 1. The average molecular weight is 366 g/mol. The van der Waals surface area contributed by atoms with Crippen molar-refractivity contribution in [3.05, 3.63) is 39.9 Å². The highest BCUT2D eigenvalue weighted by atomic mass is 16.6. The summed E-state index contributed by atoms with van der Waals surface area (Å²) in [5.41, 5.74) is -1.39. The van der Waals surface area contributed by atoms with E-state index in [0.29, 0.717) is 5.56 Å². The van der Waals surface area contributed by atoms with Gasteiger partial charge in [-0.25, -0.2) is 9.59 Å². The van der Waals surface area contributed by atoms with E-state index in [-0.39, 0.29) is 31.7 Å². The van der Waals surface area contributed by atoms with Crippen molar-refractivity contribution in [2.24, 2.45) is 0 Å². The van der Waals surface area contributed by atoms with Crippen molar-refractivity contribution in [3.8, 4) is 0 Å². The van der Waals surface area contributed by atoms with Crippen LogP contribution in [0.5, 0.6) is 0 Å². The molecule has 0 spiro atoms. The van der Waals surface area contributed by atoms with E-state index in [1.54, 1.807) is 13.8 Å². The van der Waals surface area contributed by atoms with Crippen LogP contribution in [0.15, 0.2) is 24.3 Å². The van der Waals surface area contributed by atoms with Gasteiger partial charge in [0, 0.05) is 19.1 Å². The Balaban J connectivity index is 3.12. The highest BCUT2D eigenvalue weighted by Crippen LogP contribution is 2.21. The van der Waals surface area contributed by atoms with Crippen molar-refractivity contribution in [1.82, 2.24) is 5.32 Å². The van der Waals surface area contributed by atoms with E-state index in [2.05, 4.69) is 5.32 Å². The lowest BCUT2D eigenvalue weighted by molar-refractivity contribution is -0.384. The summed E-state index contributed by atoms with van der Waals surface area (Å²) in [6, 6.07) is 5.69. The second kappa shape index (κ2) is 9.50. The summed E-state index contributed by atoms with van der Waals surface area (Å²) < 4.78 is 9.94. The first-order valence-corrected chi connectivity index (χ1v) is 8.13. The van der Waals surface area contributed by atoms with Gasteiger partial charge in [-0.05, 0) is 32.3 Å². The van der Waals surface area contributed by atoms with Crippen LogP contribution < -0.4 is 5.32 Å². The molecule has 142 valence electrons.